The molecule has 1 aromatic carbocycles. The van der Waals surface area contributed by atoms with Crippen molar-refractivity contribution in [1.82, 2.24) is 19.9 Å². The number of imidazole rings is 1. The van der Waals surface area contributed by atoms with Crippen molar-refractivity contribution in [3.63, 3.8) is 0 Å². The fraction of sp³-hybridized carbons (Fsp3) is 0.0909. The van der Waals surface area contributed by atoms with Crippen LogP contribution in [-0.2, 0) is 4.79 Å². The molecule has 3 aromatic heterocycles. The molecular weight excluding hydrogens is 425 g/mol. The van der Waals surface area contributed by atoms with Crippen LogP contribution in [0.1, 0.15) is 0 Å². The summed E-state index contributed by atoms with van der Waals surface area (Å²) in [6, 6.07) is 14.1. The minimum absolute atomic E-state index is 0.125. The van der Waals surface area contributed by atoms with Gasteiger partial charge in [0.2, 0.25) is 5.88 Å². The van der Waals surface area contributed by atoms with Crippen LogP contribution < -0.4 is 9.47 Å². The number of ether oxygens (including phenoxy) is 2. The Morgan fingerprint density at radius 3 is 2.47 bits per heavy atom. The number of nitrogens with one attached hydrogen (secondary N) is 1. The Labute approximate surface area is 179 Å². The lowest BCUT2D eigenvalue weighted by Gasteiger charge is -2.12. The van der Waals surface area contributed by atoms with E-state index < -0.39 is 18.0 Å². The highest BCUT2D eigenvalue weighted by atomic mass is 19.4. The van der Waals surface area contributed by atoms with E-state index in [2.05, 4.69) is 24.7 Å². The summed E-state index contributed by atoms with van der Waals surface area (Å²) in [4.78, 5) is 27.0. The van der Waals surface area contributed by atoms with Gasteiger partial charge in [-0.1, -0.05) is 30.3 Å². The minimum Gasteiger partial charge on any atom is -0.495 e. The first-order valence-electron chi connectivity index (χ1n) is 9.25. The van der Waals surface area contributed by atoms with Gasteiger partial charge in [0.15, 0.2) is 5.82 Å². The first-order chi connectivity index (χ1) is 15.3. The van der Waals surface area contributed by atoms with Crippen LogP contribution in [0.3, 0.4) is 0 Å². The highest BCUT2D eigenvalue weighted by Gasteiger charge is 2.42. The number of rotatable bonds is 5. The summed E-state index contributed by atoms with van der Waals surface area (Å²) in [5, 5.41) is 0. The van der Waals surface area contributed by atoms with Gasteiger partial charge < -0.3 is 14.5 Å². The van der Waals surface area contributed by atoms with Crippen LogP contribution in [0.5, 0.6) is 11.6 Å². The third kappa shape index (κ3) is 4.43. The maximum Gasteiger partial charge on any atom is 0.491 e. The van der Waals surface area contributed by atoms with Crippen molar-refractivity contribution < 1.29 is 27.4 Å². The Hall–Kier alpha value is -4.21. The van der Waals surface area contributed by atoms with Gasteiger partial charge in [0, 0.05) is 11.8 Å². The van der Waals surface area contributed by atoms with E-state index in [0.29, 0.717) is 17.1 Å². The maximum absolute atomic E-state index is 12.7. The number of carbonyl (C=O) groups excluding carboxylic acids is 1. The Morgan fingerprint density at radius 1 is 0.969 bits per heavy atom. The largest absolute Gasteiger partial charge is 0.495 e. The van der Waals surface area contributed by atoms with E-state index in [-0.39, 0.29) is 11.3 Å². The SMILES string of the molecule is COc1cnc(OC(=O)C(F)(F)F)c(-c2ccnc(-c3ncc(-c4ccccc4)[nH]3)c2)c1. The van der Waals surface area contributed by atoms with E-state index >= 15 is 0 Å². The molecule has 0 amide bonds. The Bertz CT molecular complexity index is 1260. The number of pyridine rings is 2. The summed E-state index contributed by atoms with van der Waals surface area (Å²) < 4.78 is 47.7. The van der Waals surface area contributed by atoms with Gasteiger partial charge in [-0.3, -0.25) is 4.98 Å². The zero-order valence-corrected chi connectivity index (χ0v) is 16.6. The molecule has 3 heterocycles. The molecule has 10 heteroatoms. The normalized spacial score (nSPS) is 11.2. The first-order valence-corrected chi connectivity index (χ1v) is 9.25. The number of aromatic amines is 1. The average Bonchev–Trinajstić information content (AvgIpc) is 3.30. The van der Waals surface area contributed by atoms with E-state index in [1.807, 2.05) is 30.3 Å². The quantitative estimate of drug-likeness (QED) is 0.454. The van der Waals surface area contributed by atoms with Gasteiger partial charge in [0.1, 0.15) is 11.4 Å². The van der Waals surface area contributed by atoms with Crippen molar-refractivity contribution in [2.24, 2.45) is 0 Å². The highest BCUT2D eigenvalue weighted by molar-refractivity contribution is 5.81. The molecule has 0 unspecified atom stereocenters. The molecule has 0 aliphatic heterocycles. The molecule has 0 saturated heterocycles. The standard InChI is InChI=1S/C22H15F3N4O3/c1-31-15-10-16(20(28-11-15)32-21(30)22(23,24)25)14-7-8-26-17(9-14)19-27-12-18(29-19)13-5-3-2-4-6-13/h2-12H,1H3,(H,27,29). The number of esters is 1. The third-order valence-corrected chi connectivity index (χ3v) is 4.46. The van der Waals surface area contributed by atoms with Gasteiger partial charge in [0.25, 0.3) is 0 Å². The van der Waals surface area contributed by atoms with E-state index in [4.69, 9.17) is 4.74 Å². The van der Waals surface area contributed by atoms with E-state index in [0.717, 1.165) is 17.5 Å². The number of alkyl halides is 3. The lowest BCUT2D eigenvalue weighted by atomic mass is 10.1. The summed E-state index contributed by atoms with van der Waals surface area (Å²) in [5.74, 6) is -2.15. The number of halogens is 3. The zero-order chi connectivity index (χ0) is 22.7. The molecule has 0 fully saturated rings. The summed E-state index contributed by atoms with van der Waals surface area (Å²) in [5.41, 5.74) is 2.67. The van der Waals surface area contributed by atoms with Crippen molar-refractivity contribution >= 4 is 5.97 Å². The number of nitrogens with zero attached hydrogens (tertiary/aromatic N) is 3. The molecular formula is C22H15F3N4O3. The predicted molar refractivity (Wildman–Crippen MR) is 109 cm³/mol. The number of aromatic nitrogens is 4. The van der Waals surface area contributed by atoms with Gasteiger partial charge in [0.05, 0.1) is 25.2 Å². The number of hydrogen-bond donors (Lipinski definition) is 1. The van der Waals surface area contributed by atoms with Gasteiger partial charge >= 0.3 is 12.1 Å². The molecule has 32 heavy (non-hydrogen) atoms. The zero-order valence-electron chi connectivity index (χ0n) is 16.6. The van der Waals surface area contributed by atoms with Crippen LogP contribution >= 0.6 is 0 Å². The van der Waals surface area contributed by atoms with Crippen molar-refractivity contribution in [3.05, 3.63) is 67.1 Å². The molecule has 0 aliphatic rings. The van der Waals surface area contributed by atoms with Crippen molar-refractivity contribution in [1.29, 1.82) is 0 Å². The number of carbonyl (C=O) groups is 1. The average molecular weight is 440 g/mol. The number of benzene rings is 1. The fourth-order valence-electron chi connectivity index (χ4n) is 2.92. The van der Waals surface area contributed by atoms with Crippen LogP contribution in [0, 0.1) is 0 Å². The molecule has 0 saturated carbocycles. The smallest absolute Gasteiger partial charge is 0.491 e. The molecule has 4 aromatic rings. The lowest BCUT2D eigenvalue weighted by molar-refractivity contribution is -0.189. The van der Waals surface area contributed by atoms with Crippen LogP contribution in [0.4, 0.5) is 13.2 Å². The second-order valence-corrected chi connectivity index (χ2v) is 6.56. The number of H-pyrrole nitrogens is 1. The van der Waals surface area contributed by atoms with Crippen LogP contribution in [-0.4, -0.2) is 39.2 Å². The maximum atomic E-state index is 12.7. The van der Waals surface area contributed by atoms with Gasteiger partial charge in [-0.15, -0.1) is 0 Å². The number of hydrogen-bond acceptors (Lipinski definition) is 6. The minimum atomic E-state index is -5.16. The molecule has 0 radical (unpaired) electrons. The molecule has 0 aliphatic carbocycles. The summed E-state index contributed by atoms with van der Waals surface area (Å²) >= 11 is 0. The first kappa shape index (κ1) is 21.0. The topological polar surface area (TPSA) is 90.0 Å². The van der Waals surface area contributed by atoms with Crippen LogP contribution in [0.25, 0.3) is 33.9 Å². The van der Waals surface area contributed by atoms with E-state index in [1.54, 1.807) is 18.3 Å². The second-order valence-electron chi connectivity index (χ2n) is 6.56. The molecule has 0 bridgehead atoms. The second kappa shape index (κ2) is 8.50. The molecule has 0 spiro atoms. The summed E-state index contributed by atoms with van der Waals surface area (Å²) in [6.07, 6.45) is -0.888. The van der Waals surface area contributed by atoms with Crippen molar-refractivity contribution in [2.75, 3.05) is 7.11 Å². The molecule has 0 atom stereocenters. The predicted octanol–water partition coefficient (Wildman–Crippen LogP) is 4.68. The van der Waals surface area contributed by atoms with Gasteiger partial charge in [-0.2, -0.15) is 13.2 Å². The van der Waals surface area contributed by atoms with E-state index in [1.165, 1.54) is 19.4 Å². The Morgan fingerprint density at radius 2 is 1.75 bits per heavy atom. The lowest BCUT2D eigenvalue weighted by Crippen LogP contribution is -2.28. The monoisotopic (exact) mass is 440 g/mol. The molecule has 1 N–H and O–H groups in total. The van der Waals surface area contributed by atoms with Crippen molar-refractivity contribution in [3.8, 4) is 45.5 Å². The fourth-order valence-corrected chi connectivity index (χ4v) is 2.92. The molecule has 7 nitrogen and oxygen atoms in total. The highest BCUT2D eigenvalue weighted by Crippen LogP contribution is 2.34. The van der Waals surface area contributed by atoms with Crippen LogP contribution in [0.2, 0.25) is 0 Å². The number of methoxy groups -OCH3 is 1. The third-order valence-electron chi connectivity index (χ3n) is 4.46. The van der Waals surface area contributed by atoms with Gasteiger partial charge in [-0.05, 0) is 29.3 Å². The van der Waals surface area contributed by atoms with Crippen LogP contribution in [0.15, 0.2) is 67.1 Å². The molecule has 162 valence electrons. The van der Waals surface area contributed by atoms with E-state index in [9.17, 15) is 18.0 Å². The Kier molecular flexibility index (Phi) is 5.59. The summed E-state index contributed by atoms with van der Waals surface area (Å²) in [7, 11) is 1.38. The summed E-state index contributed by atoms with van der Waals surface area (Å²) in [6.45, 7) is 0. The van der Waals surface area contributed by atoms with Gasteiger partial charge in [-0.25, -0.2) is 14.8 Å². The van der Waals surface area contributed by atoms with Crippen molar-refractivity contribution in [2.45, 2.75) is 6.18 Å². The Balaban J connectivity index is 1.72. The molecule has 4 rings (SSSR count).